The SMILES string of the molecule is CC(C(=O)NCc1ccccc1)=C1CCC(C(c2ccc(C)cc2)N2CCCCC2)CC1. The molecule has 1 N–H and O–H groups in total. The van der Waals surface area contributed by atoms with E-state index in [-0.39, 0.29) is 5.91 Å². The van der Waals surface area contributed by atoms with Crippen molar-refractivity contribution in [1.82, 2.24) is 10.2 Å². The number of rotatable bonds is 6. The lowest BCUT2D eigenvalue weighted by Crippen LogP contribution is -2.38. The van der Waals surface area contributed by atoms with E-state index < -0.39 is 0 Å². The van der Waals surface area contributed by atoms with Crippen LogP contribution in [0.4, 0.5) is 0 Å². The monoisotopic (exact) mass is 430 g/mol. The number of amides is 1. The molecule has 1 heterocycles. The molecule has 1 atom stereocenters. The molecule has 3 heteroatoms. The molecule has 1 aliphatic heterocycles. The molecule has 2 aromatic carbocycles. The summed E-state index contributed by atoms with van der Waals surface area (Å²) >= 11 is 0. The maximum atomic E-state index is 12.8. The quantitative estimate of drug-likeness (QED) is 0.542. The molecule has 1 amide bonds. The summed E-state index contributed by atoms with van der Waals surface area (Å²) in [5.41, 5.74) is 6.24. The van der Waals surface area contributed by atoms with Crippen molar-refractivity contribution in [3.05, 3.63) is 82.4 Å². The Labute approximate surface area is 193 Å². The molecule has 1 saturated heterocycles. The van der Waals surface area contributed by atoms with Gasteiger partial charge in [0.15, 0.2) is 0 Å². The molecule has 4 rings (SSSR count). The maximum absolute atomic E-state index is 12.8. The Hall–Kier alpha value is -2.39. The van der Waals surface area contributed by atoms with Gasteiger partial charge < -0.3 is 5.32 Å². The van der Waals surface area contributed by atoms with Crippen LogP contribution in [0.2, 0.25) is 0 Å². The molecule has 170 valence electrons. The van der Waals surface area contributed by atoms with Gasteiger partial charge in [0, 0.05) is 18.2 Å². The van der Waals surface area contributed by atoms with Crippen LogP contribution < -0.4 is 5.32 Å². The van der Waals surface area contributed by atoms with Crippen LogP contribution in [0.1, 0.15) is 74.6 Å². The summed E-state index contributed by atoms with van der Waals surface area (Å²) in [7, 11) is 0. The number of likely N-dealkylation sites (tertiary alicyclic amines) is 1. The van der Waals surface area contributed by atoms with Gasteiger partial charge >= 0.3 is 0 Å². The van der Waals surface area contributed by atoms with Crippen molar-refractivity contribution in [3.63, 3.8) is 0 Å². The van der Waals surface area contributed by atoms with Gasteiger partial charge in [0.1, 0.15) is 0 Å². The summed E-state index contributed by atoms with van der Waals surface area (Å²) in [4.78, 5) is 15.5. The van der Waals surface area contributed by atoms with Gasteiger partial charge in [-0.15, -0.1) is 0 Å². The highest BCUT2D eigenvalue weighted by Gasteiger charge is 2.32. The number of hydrogen-bond donors (Lipinski definition) is 1. The van der Waals surface area contributed by atoms with Crippen LogP contribution in [0.15, 0.2) is 65.7 Å². The van der Waals surface area contributed by atoms with Gasteiger partial charge in [-0.2, -0.15) is 0 Å². The molecule has 0 spiro atoms. The van der Waals surface area contributed by atoms with E-state index in [1.54, 1.807) is 0 Å². The Morgan fingerprint density at radius 3 is 2.28 bits per heavy atom. The Bertz CT molecular complexity index is 900. The molecule has 0 aromatic heterocycles. The number of aryl methyl sites for hydroxylation is 1. The number of benzene rings is 2. The Balaban J connectivity index is 1.41. The third-order valence-electron chi connectivity index (χ3n) is 7.45. The first-order chi connectivity index (χ1) is 15.6. The lowest BCUT2D eigenvalue weighted by Gasteiger charge is -2.41. The number of allylic oxidation sites excluding steroid dienone is 1. The molecule has 2 aliphatic rings. The molecule has 1 aliphatic carbocycles. The van der Waals surface area contributed by atoms with Gasteiger partial charge in [0.2, 0.25) is 5.91 Å². The second-order valence-corrected chi connectivity index (χ2v) is 9.69. The smallest absolute Gasteiger partial charge is 0.247 e. The topological polar surface area (TPSA) is 32.3 Å². The number of hydrogen-bond acceptors (Lipinski definition) is 2. The molecule has 2 fully saturated rings. The molecule has 2 aromatic rings. The van der Waals surface area contributed by atoms with E-state index in [1.165, 1.54) is 61.9 Å². The minimum Gasteiger partial charge on any atom is -0.348 e. The fraction of sp³-hybridized carbons (Fsp3) is 0.483. The van der Waals surface area contributed by atoms with Gasteiger partial charge in [-0.1, -0.05) is 72.2 Å². The number of nitrogens with one attached hydrogen (secondary N) is 1. The first kappa shape index (κ1) is 22.8. The second kappa shape index (κ2) is 11.0. The fourth-order valence-corrected chi connectivity index (χ4v) is 5.49. The average molecular weight is 431 g/mol. The molecule has 32 heavy (non-hydrogen) atoms. The predicted octanol–water partition coefficient (Wildman–Crippen LogP) is 6.35. The summed E-state index contributed by atoms with van der Waals surface area (Å²) in [6, 6.07) is 19.9. The highest BCUT2D eigenvalue weighted by atomic mass is 16.1. The third kappa shape index (κ3) is 5.69. The lowest BCUT2D eigenvalue weighted by atomic mass is 9.77. The van der Waals surface area contributed by atoms with E-state index in [0.29, 0.717) is 18.5 Å². The molecule has 0 bridgehead atoms. The van der Waals surface area contributed by atoms with Gasteiger partial charge in [0.25, 0.3) is 0 Å². The van der Waals surface area contributed by atoms with Gasteiger partial charge in [-0.05, 0) is 82.5 Å². The number of carbonyl (C=O) groups is 1. The lowest BCUT2D eigenvalue weighted by molar-refractivity contribution is -0.117. The second-order valence-electron chi connectivity index (χ2n) is 9.69. The average Bonchev–Trinajstić information content (AvgIpc) is 2.85. The predicted molar refractivity (Wildman–Crippen MR) is 132 cm³/mol. The van der Waals surface area contributed by atoms with Crippen molar-refractivity contribution in [2.24, 2.45) is 5.92 Å². The minimum atomic E-state index is 0.0911. The van der Waals surface area contributed by atoms with E-state index in [9.17, 15) is 4.79 Å². The van der Waals surface area contributed by atoms with Crippen LogP contribution in [0.25, 0.3) is 0 Å². The normalized spacial score (nSPS) is 20.6. The summed E-state index contributed by atoms with van der Waals surface area (Å²) in [5, 5.41) is 3.11. The maximum Gasteiger partial charge on any atom is 0.247 e. The molecule has 3 nitrogen and oxygen atoms in total. The van der Waals surface area contributed by atoms with Gasteiger partial charge in [0.05, 0.1) is 0 Å². The van der Waals surface area contributed by atoms with Crippen molar-refractivity contribution >= 4 is 5.91 Å². The summed E-state index contributed by atoms with van der Waals surface area (Å²) < 4.78 is 0. The number of nitrogens with zero attached hydrogens (tertiary/aromatic N) is 1. The minimum absolute atomic E-state index is 0.0911. The summed E-state index contributed by atoms with van der Waals surface area (Å²) in [6.45, 7) is 7.22. The van der Waals surface area contributed by atoms with Crippen LogP contribution in [0, 0.1) is 12.8 Å². The molecule has 0 radical (unpaired) electrons. The van der Waals surface area contributed by atoms with Crippen molar-refractivity contribution in [2.75, 3.05) is 13.1 Å². The highest BCUT2D eigenvalue weighted by molar-refractivity contribution is 5.93. The van der Waals surface area contributed by atoms with E-state index >= 15 is 0 Å². The van der Waals surface area contributed by atoms with E-state index in [1.807, 2.05) is 25.1 Å². The van der Waals surface area contributed by atoms with Crippen LogP contribution in [0.3, 0.4) is 0 Å². The Morgan fingerprint density at radius 2 is 1.62 bits per heavy atom. The van der Waals surface area contributed by atoms with Crippen molar-refractivity contribution in [2.45, 2.75) is 71.4 Å². The molecule has 1 saturated carbocycles. The van der Waals surface area contributed by atoms with Crippen LogP contribution in [0.5, 0.6) is 0 Å². The zero-order valence-electron chi connectivity index (χ0n) is 19.8. The zero-order chi connectivity index (χ0) is 22.3. The zero-order valence-corrected chi connectivity index (χ0v) is 19.8. The Kier molecular flexibility index (Phi) is 7.81. The highest BCUT2D eigenvalue weighted by Crippen LogP contribution is 2.41. The summed E-state index contributed by atoms with van der Waals surface area (Å²) in [6.07, 6.45) is 8.45. The van der Waals surface area contributed by atoms with Crippen LogP contribution >= 0.6 is 0 Å². The van der Waals surface area contributed by atoms with Crippen molar-refractivity contribution in [1.29, 1.82) is 0 Å². The van der Waals surface area contributed by atoms with Crippen LogP contribution in [-0.4, -0.2) is 23.9 Å². The van der Waals surface area contributed by atoms with Gasteiger partial charge in [-0.3, -0.25) is 9.69 Å². The standard InChI is InChI=1S/C29H38N2O/c1-22-11-13-26(14-12-22)28(31-19-7-4-8-20-31)27-17-15-25(16-18-27)23(2)29(32)30-21-24-9-5-3-6-10-24/h3,5-6,9-14,27-28H,4,7-8,15-21H2,1-2H3,(H,30,32). The Morgan fingerprint density at radius 1 is 0.969 bits per heavy atom. The van der Waals surface area contributed by atoms with E-state index in [2.05, 4.69) is 53.5 Å². The fourth-order valence-electron chi connectivity index (χ4n) is 5.49. The van der Waals surface area contributed by atoms with Crippen molar-refractivity contribution in [3.8, 4) is 0 Å². The first-order valence-electron chi connectivity index (χ1n) is 12.4. The third-order valence-corrected chi connectivity index (χ3v) is 7.45. The first-order valence-corrected chi connectivity index (χ1v) is 12.4. The summed E-state index contributed by atoms with van der Waals surface area (Å²) in [5.74, 6) is 0.758. The van der Waals surface area contributed by atoms with E-state index in [4.69, 9.17) is 0 Å². The molecular formula is C29H38N2O. The van der Waals surface area contributed by atoms with E-state index in [0.717, 1.165) is 24.0 Å². The van der Waals surface area contributed by atoms with Gasteiger partial charge in [-0.25, -0.2) is 0 Å². The number of carbonyl (C=O) groups excluding carboxylic acids is 1. The molecular weight excluding hydrogens is 392 g/mol. The molecule has 1 unspecified atom stereocenters. The number of piperidine rings is 1. The van der Waals surface area contributed by atoms with Crippen LogP contribution in [-0.2, 0) is 11.3 Å². The van der Waals surface area contributed by atoms with Crippen molar-refractivity contribution < 1.29 is 4.79 Å². The largest absolute Gasteiger partial charge is 0.348 e.